The van der Waals surface area contributed by atoms with Gasteiger partial charge in [0.05, 0.1) is 24.0 Å². The number of rotatable bonds is 3. The maximum atomic E-state index is 12.4. The van der Waals surface area contributed by atoms with E-state index >= 15 is 0 Å². The number of hydrogen-bond donors (Lipinski definition) is 2. The molecule has 0 saturated carbocycles. The maximum absolute atomic E-state index is 12.4. The molecule has 3 N–H and O–H groups in total. The molecule has 0 spiro atoms. The van der Waals surface area contributed by atoms with Gasteiger partial charge in [-0.3, -0.25) is 9.88 Å². The SMILES string of the molecule is Nc1cnccc1C1C(O)CCN1C(=O)OCc1ccccc1. The molecular weight excluding hydrogens is 294 g/mol. The summed E-state index contributed by atoms with van der Waals surface area (Å²) in [5.74, 6) is 0. The standard InChI is InChI=1S/C17H19N3O3/c18-14-10-19-8-6-13(14)16-15(21)7-9-20(16)17(22)23-11-12-4-2-1-3-5-12/h1-6,8,10,15-16,21H,7,9,11,18H2. The molecule has 1 aliphatic heterocycles. The number of likely N-dealkylation sites (tertiary alicyclic amines) is 1. The van der Waals surface area contributed by atoms with E-state index in [1.54, 1.807) is 12.3 Å². The van der Waals surface area contributed by atoms with Crippen LogP contribution in [0.2, 0.25) is 0 Å². The van der Waals surface area contributed by atoms with Gasteiger partial charge >= 0.3 is 6.09 Å². The second-order valence-electron chi connectivity index (χ2n) is 5.54. The molecule has 6 heteroatoms. The van der Waals surface area contributed by atoms with Crippen LogP contribution in [-0.2, 0) is 11.3 Å². The lowest BCUT2D eigenvalue weighted by molar-refractivity contribution is 0.0716. The minimum atomic E-state index is -0.663. The average Bonchev–Trinajstić information content (AvgIpc) is 2.96. The average molecular weight is 313 g/mol. The third-order valence-corrected chi connectivity index (χ3v) is 4.01. The van der Waals surface area contributed by atoms with E-state index in [1.807, 2.05) is 30.3 Å². The third kappa shape index (κ3) is 3.27. The monoisotopic (exact) mass is 313 g/mol. The molecule has 23 heavy (non-hydrogen) atoms. The van der Waals surface area contributed by atoms with Crippen LogP contribution in [-0.4, -0.2) is 33.7 Å². The maximum Gasteiger partial charge on any atom is 0.410 e. The number of amides is 1. The second-order valence-corrected chi connectivity index (χ2v) is 5.54. The van der Waals surface area contributed by atoms with Gasteiger partial charge < -0.3 is 15.6 Å². The number of hydrogen-bond acceptors (Lipinski definition) is 5. The molecule has 2 unspecified atom stereocenters. The van der Waals surface area contributed by atoms with E-state index in [1.165, 1.54) is 11.1 Å². The van der Waals surface area contributed by atoms with Gasteiger partial charge in [0, 0.05) is 18.3 Å². The lowest BCUT2D eigenvalue weighted by Gasteiger charge is -2.26. The predicted molar refractivity (Wildman–Crippen MR) is 85.3 cm³/mol. The van der Waals surface area contributed by atoms with Crippen LogP contribution in [0.15, 0.2) is 48.8 Å². The zero-order valence-corrected chi connectivity index (χ0v) is 12.6. The van der Waals surface area contributed by atoms with Crippen molar-refractivity contribution in [3.63, 3.8) is 0 Å². The van der Waals surface area contributed by atoms with Gasteiger partial charge in [0.2, 0.25) is 0 Å². The van der Waals surface area contributed by atoms with Gasteiger partial charge in [0.15, 0.2) is 0 Å². The summed E-state index contributed by atoms with van der Waals surface area (Å²) in [6.07, 6.45) is 2.50. The fourth-order valence-corrected chi connectivity index (χ4v) is 2.85. The van der Waals surface area contributed by atoms with Gasteiger partial charge in [-0.1, -0.05) is 30.3 Å². The predicted octanol–water partition coefficient (Wildman–Crippen LogP) is 2.11. The Morgan fingerprint density at radius 3 is 2.87 bits per heavy atom. The van der Waals surface area contributed by atoms with Crippen molar-refractivity contribution >= 4 is 11.8 Å². The van der Waals surface area contributed by atoms with E-state index in [4.69, 9.17) is 10.5 Å². The number of pyridine rings is 1. The second kappa shape index (κ2) is 6.66. The first-order chi connectivity index (χ1) is 11.2. The van der Waals surface area contributed by atoms with Crippen LogP contribution in [0.4, 0.5) is 10.5 Å². The Morgan fingerprint density at radius 1 is 1.35 bits per heavy atom. The quantitative estimate of drug-likeness (QED) is 0.906. The summed E-state index contributed by atoms with van der Waals surface area (Å²) in [5, 5.41) is 10.2. The van der Waals surface area contributed by atoms with Crippen LogP contribution >= 0.6 is 0 Å². The summed E-state index contributed by atoms with van der Waals surface area (Å²) in [7, 11) is 0. The minimum Gasteiger partial charge on any atom is -0.445 e. The molecule has 0 radical (unpaired) electrons. The highest BCUT2D eigenvalue weighted by atomic mass is 16.6. The first-order valence-electron chi connectivity index (χ1n) is 7.51. The molecule has 1 fully saturated rings. The normalized spacial score (nSPS) is 20.5. The first-order valence-corrected chi connectivity index (χ1v) is 7.51. The number of aromatic nitrogens is 1. The number of benzene rings is 1. The van der Waals surface area contributed by atoms with Gasteiger partial charge in [0.1, 0.15) is 6.61 Å². The van der Waals surface area contributed by atoms with Crippen LogP contribution in [0.5, 0.6) is 0 Å². The van der Waals surface area contributed by atoms with E-state index in [9.17, 15) is 9.90 Å². The minimum absolute atomic E-state index is 0.199. The first kappa shape index (κ1) is 15.3. The van der Waals surface area contributed by atoms with Crippen LogP contribution in [0.25, 0.3) is 0 Å². The number of carbonyl (C=O) groups is 1. The number of nitrogens with zero attached hydrogens (tertiary/aromatic N) is 2. The van der Waals surface area contributed by atoms with Crippen molar-refractivity contribution in [3.8, 4) is 0 Å². The van der Waals surface area contributed by atoms with Gasteiger partial charge in [-0.05, 0) is 18.1 Å². The largest absolute Gasteiger partial charge is 0.445 e. The zero-order chi connectivity index (χ0) is 16.2. The molecule has 2 aromatic rings. The summed E-state index contributed by atoms with van der Waals surface area (Å²) in [5.41, 5.74) is 8.01. The molecule has 1 aliphatic rings. The Morgan fingerprint density at radius 2 is 2.13 bits per heavy atom. The molecule has 120 valence electrons. The molecule has 2 atom stereocenters. The molecule has 1 aromatic heterocycles. The molecule has 1 saturated heterocycles. The Labute approximate surface area is 134 Å². The van der Waals surface area contributed by atoms with Crippen molar-refractivity contribution in [1.82, 2.24) is 9.88 Å². The Bertz CT molecular complexity index is 678. The topological polar surface area (TPSA) is 88.7 Å². The fraction of sp³-hybridized carbons (Fsp3) is 0.294. The summed E-state index contributed by atoms with van der Waals surface area (Å²) in [4.78, 5) is 17.9. The van der Waals surface area contributed by atoms with Crippen molar-refractivity contribution in [2.45, 2.75) is 25.2 Å². The van der Waals surface area contributed by atoms with Crippen molar-refractivity contribution in [3.05, 3.63) is 59.9 Å². The fourth-order valence-electron chi connectivity index (χ4n) is 2.85. The van der Waals surface area contributed by atoms with E-state index in [0.717, 1.165) is 5.56 Å². The van der Waals surface area contributed by atoms with E-state index in [2.05, 4.69) is 4.98 Å². The van der Waals surface area contributed by atoms with Crippen LogP contribution < -0.4 is 5.73 Å². The number of nitrogen functional groups attached to an aromatic ring is 1. The zero-order valence-electron chi connectivity index (χ0n) is 12.6. The number of carbonyl (C=O) groups excluding carboxylic acids is 1. The van der Waals surface area contributed by atoms with Crippen molar-refractivity contribution in [2.75, 3.05) is 12.3 Å². The van der Waals surface area contributed by atoms with Gasteiger partial charge in [-0.2, -0.15) is 0 Å². The third-order valence-electron chi connectivity index (χ3n) is 4.01. The van der Waals surface area contributed by atoms with Gasteiger partial charge in [0.25, 0.3) is 0 Å². The lowest BCUT2D eigenvalue weighted by atomic mass is 10.0. The van der Waals surface area contributed by atoms with Gasteiger partial charge in [-0.15, -0.1) is 0 Å². The molecule has 0 aliphatic carbocycles. The number of anilines is 1. The molecular formula is C17H19N3O3. The molecule has 1 aromatic carbocycles. The number of aliphatic hydroxyl groups excluding tert-OH is 1. The lowest BCUT2D eigenvalue weighted by Crippen LogP contribution is -2.34. The Balaban J connectivity index is 1.73. The summed E-state index contributed by atoms with van der Waals surface area (Å²) in [6, 6.07) is 10.7. The highest BCUT2D eigenvalue weighted by Crippen LogP contribution is 2.35. The van der Waals surface area contributed by atoms with Crippen LogP contribution in [0.3, 0.4) is 0 Å². The molecule has 0 bridgehead atoms. The number of aliphatic hydroxyl groups is 1. The summed E-state index contributed by atoms with van der Waals surface area (Å²) in [6.45, 7) is 0.631. The van der Waals surface area contributed by atoms with E-state index in [-0.39, 0.29) is 6.61 Å². The van der Waals surface area contributed by atoms with E-state index < -0.39 is 18.2 Å². The highest BCUT2D eigenvalue weighted by Gasteiger charge is 2.38. The molecule has 3 rings (SSSR count). The molecule has 2 heterocycles. The Hall–Kier alpha value is -2.60. The van der Waals surface area contributed by atoms with Crippen LogP contribution in [0.1, 0.15) is 23.6 Å². The Kier molecular flexibility index (Phi) is 4.43. The summed E-state index contributed by atoms with van der Waals surface area (Å²) < 4.78 is 5.37. The van der Waals surface area contributed by atoms with Gasteiger partial charge in [-0.25, -0.2) is 4.79 Å². The molecule has 6 nitrogen and oxygen atoms in total. The number of nitrogens with two attached hydrogens (primary N) is 1. The highest BCUT2D eigenvalue weighted by molar-refractivity contribution is 5.69. The van der Waals surface area contributed by atoms with Crippen LogP contribution in [0, 0.1) is 0 Å². The van der Waals surface area contributed by atoms with Crippen molar-refractivity contribution in [1.29, 1.82) is 0 Å². The molecule has 1 amide bonds. The van der Waals surface area contributed by atoms with E-state index in [0.29, 0.717) is 24.2 Å². The smallest absolute Gasteiger partial charge is 0.410 e. The summed E-state index contributed by atoms with van der Waals surface area (Å²) >= 11 is 0. The van der Waals surface area contributed by atoms with Crippen molar-refractivity contribution in [2.24, 2.45) is 0 Å². The number of ether oxygens (including phenoxy) is 1. The van der Waals surface area contributed by atoms with Crippen molar-refractivity contribution < 1.29 is 14.6 Å².